The van der Waals surface area contributed by atoms with Crippen molar-refractivity contribution in [1.82, 2.24) is 0 Å². The number of carbonyl (C=O) groups is 3. The molecule has 0 radical (unpaired) electrons. The fraction of sp³-hybridized carbons (Fsp3) is 0.261. The maximum absolute atomic E-state index is 12.7. The lowest BCUT2D eigenvalue weighted by atomic mass is 10.0. The van der Waals surface area contributed by atoms with Crippen LogP contribution in [0.25, 0.3) is 11.1 Å². The molecule has 8 heteroatoms. The summed E-state index contributed by atoms with van der Waals surface area (Å²) in [4.78, 5) is 38.7. The van der Waals surface area contributed by atoms with Crippen LogP contribution in [0.15, 0.2) is 35.7 Å². The Morgan fingerprint density at radius 2 is 1.68 bits per heavy atom. The van der Waals surface area contributed by atoms with Crippen molar-refractivity contribution in [2.45, 2.75) is 27.7 Å². The Bertz CT molecular complexity index is 1110. The van der Waals surface area contributed by atoms with E-state index in [1.165, 1.54) is 22.7 Å². The first-order valence-electron chi connectivity index (χ1n) is 9.70. The summed E-state index contributed by atoms with van der Waals surface area (Å²) >= 11 is 2.55. The number of carbonyl (C=O) groups excluding carboxylic acids is 3. The van der Waals surface area contributed by atoms with E-state index in [-0.39, 0.29) is 6.61 Å². The van der Waals surface area contributed by atoms with Crippen molar-refractivity contribution in [3.63, 3.8) is 0 Å². The molecule has 0 aliphatic carbocycles. The van der Waals surface area contributed by atoms with Crippen LogP contribution in [0.5, 0.6) is 0 Å². The van der Waals surface area contributed by atoms with E-state index in [2.05, 4.69) is 5.32 Å². The summed E-state index contributed by atoms with van der Waals surface area (Å²) in [7, 11) is 0. The molecule has 0 aliphatic rings. The van der Waals surface area contributed by atoms with Crippen LogP contribution in [0.2, 0.25) is 0 Å². The number of amides is 1. The third-order valence-corrected chi connectivity index (χ3v) is 6.56. The van der Waals surface area contributed by atoms with Crippen LogP contribution in [0.3, 0.4) is 0 Å². The highest BCUT2D eigenvalue weighted by atomic mass is 32.1. The maximum atomic E-state index is 12.7. The van der Waals surface area contributed by atoms with Crippen molar-refractivity contribution >= 4 is 45.5 Å². The zero-order valence-electron chi connectivity index (χ0n) is 17.7. The summed E-state index contributed by atoms with van der Waals surface area (Å²) in [5.74, 6) is -1.58. The second kappa shape index (κ2) is 9.89. The molecular weight excluding hydrogens is 434 g/mol. The molecule has 0 bridgehead atoms. The smallest absolute Gasteiger partial charge is 0.349 e. The number of ether oxygens (including phenoxy) is 2. The Labute approximate surface area is 188 Å². The minimum Gasteiger partial charge on any atom is -0.462 e. The van der Waals surface area contributed by atoms with Crippen molar-refractivity contribution in [2.24, 2.45) is 0 Å². The van der Waals surface area contributed by atoms with E-state index >= 15 is 0 Å². The van der Waals surface area contributed by atoms with Gasteiger partial charge in [-0.25, -0.2) is 9.59 Å². The van der Waals surface area contributed by atoms with Crippen LogP contribution in [0, 0.1) is 20.8 Å². The van der Waals surface area contributed by atoms with E-state index in [0.717, 1.165) is 27.1 Å². The van der Waals surface area contributed by atoms with Gasteiger partial charge in [-0.1, -0.05) is 29.8 Å². The number of anilines is 1. The van der Waals surface area contributed by atoms with E-state index in [4.69, 9.17) is 9.47 Å². The van der Waals surface area contributed by atoms with Gasteiger partial charge in [0.2, 0.25) is 0 Å². The lowest BCUT2D eigenvalue weighted by Crippen LogP contribution is -2.21. The zero-order chi connectivity index (χ0) is 22.5. The van der Waals surface area contributed by atoms with Crippen molar-refractivity contribution < 1.29 is 23.9 Å². The van der Waals surface area contributed by atoms with Crippen LogP contribution < -0.4 is 5.32 Å². The third kappa shape index (κ3) is 5.21. The molecule has 3 aromatic rings. The summed E-state index contributed by atoms with van der Waals surface area (Å²) in [6.07, 6.45) is 0. The van der Waals surface area contributed by atoms with Crippen molar-refractivity contribution in [2.75, 3.05) is 18.5 Å². The van der Waals surface area contributed by atoms with Crippen LogP contribution >= 0.6 is 22.7 Å². The van der Waals surface area contributed by atoms with Crippen LogP contribution in [0.1, 0.15) is 43.0 Å². The molecule has 0 saturated heterocycles. The Morgan fingerprint density at radius 1 is 0.968 bits per heavy atom. The Morgan fingerprint density at radius 3 is 2.29 bits per heavy atom. The first kappa shape index (κ1) is 22.7. The Balaban J connectivity index is 1.83. The molecule has 0 aliphatic heterocycles. The zero-order valence-corrected chi connectivity index (χ0v) is 19.4. The molecular formula is C23H23NO5S2. The second-order valence-electron chi connectivity index (χ2n) is 6.88. The topological polar surface area (TPSA) is 81.7 Å². The van der Waals surface area contributed by atoms with Gasteiger partial charge in [-0.05, 0) is 50.3 Å². The standard InChI is InChI=1S/C23H23NO5S2/c1-5-28-22(26)19-18(16-8-6-13(2)7-9-16)15(4)31-21(19)24-17(25)12-29-23(27)20-14(3)10-11-30-20/h6-11H,5,12H2,1-4H3,(H,24,25). The van der Waals surface area contributed by atoms with Crippen LogP contribution in [-0.4, -0.2) is 31.1 Å². The Kier molecular flexibility index (Phi) is 7.25. The van der Waals surface area contributed by atoms with Gasteiger partial charge < -0.3 is 14.8 Å². The van der Waals surface area contributed by atoms with E-state index in [1.54, 1.807) is 19.2 Å². The number of benzene rings is 1. The average molecular weight is 458 g/mol. The molecule has 162 valence electrons. The lowest BCUT2D eigenvalue weighted by Gasteiger charge is -2.10. The van der Waals surface area contributed by atoms with E-state index in [1.807, 2.05) is 44.2 Å². The number of rotatable bonds is 7. The highest BCUT2D eigenvalue weighted by molar-refractivity contribution is 7.17. The van der Waals surface area contributed by atoms with Crippen LogP contribution in [0.4, 0.5) is 5.00 Å². The molecule has 2 aromatic heterocycles. The molecule has 1 aromatic carbocycles. The molecule has 0 spiro atoms. The first-order chi connectivity index (χ1) is 14.8. The van der Waals surface area contributed by atoms with Gasteiger partial charge in [0.05, 0.1) is 6.61 Å². The quantitative estimate of drug-likeness (QED) is 0.482. The fourth-order valence-electron chi connectivity index (χ4n) is 3.04. The molecule has 0 saturated carbocycles. The van der Waals surface area contributed by atoms with Gasteiger partial charge in [-0.15, -0.1) is 22.7 Å². The fourth-order valence-corrected chi connectivity index (χ4v) is 4.94. The highest BCUT2D eigenvalue weighted by Crippen LogP contribution is 2.40. The highest BCUT2D eigenvalue weighted by Gasteiger charge is 2.26. The summed E-state index contributed by atoms with van der Waals surface area (Å²) in [5.41, 5.74) is 3.80. The summed E-state index contributed by atoms with van der Waals surface area (Å²) in [6, 6.07) is 9.61. The molecule has 1 N–H and O–H groups in total. The van der Waals surface area contributed by atoms with Crippen LogP contribution in [-0.2, 0) is 14.3 Å². The second-order valence-corrected chi connectivity index (χ2v) is 9.02. The number of nitrogens with one attached hydrogen (secondary N) is 1. The SMILES string of the molecule is CCOC(=O)c1c(NC(=O)COC(=O)c2sccc2C)sc(C)c1-c1ccc(C)cc1. The maximum Gasteiger partial charge on any atom is 0.349 e. The summed E-state index contributed by atoms with van der Waals surface area (Å²) in [5, 5.41) is 4.88. The van der Waals surface area contributed by atoms with Gasteiger partial charge in [0, 0.05) is 10.4 Å². The van der Waals surface area contributed by atoms with Gasteiger partial charge in [-0.3, -0.25) is 4.79 Å². The summed E-state index contributed by atoms with van der Waals surface area (Å²) in [6.45, 7) is 7.17. The third-order valence-electron chi connectivity index (χ3n) is 4.54. The predicted molar refractivity (Wildman–Crippen MR) is 123 cm³/mol. The van der Waals surface area contributed by atoms with E-state index in [0.29, 0.717) is 15.4 Å². The molecule has 31 heavy (non-hydrogen) atoms. The number of aryl methyl sites for hydroxylation is 3. The summed E-state index contributed by atoms with van der Waals surface area (Å²) < 4.78 is 10.4. The number of thiophene rings is 2. The number of esters is 2. The Hall–Kier alpha value is -2.97. The van der Waals surface area contributed by atoms with E-state index in [9.17, 15) is 14.4 Å². The van der Waals surface area contributed by atoms with Gasteiger partial charge in [0.25, 0.3) is 5.91 Å². The molecule has 0 fully saturated rings. The minimum absolute atomic E-state index is 0.215. The lowest BCUT2D eigenvalue weighted by molar-refractivity contribution is -0.119. The van der Waals surface area contributed by atoms with Gasteiger partial charge >= 0.3 is 11.9 Å². The van der Waals surface area contributed by atoms with Gasteiger partial charge in [0.15, 0.2) is 6.61 Å². The molecule has 3 rings (SSSR count). The monoisotopic (exact) mass is 457 g/mol. The van der Waals surface area contributed by atoms with Crippen molar-refractivity contribution in [3.8, 4) is 11.1 Å². The van der Waals surface area contributed by atoms with Gasteiger partial charge in [-0.2, -0.15) is 0 Å². The van der Waals surface area contributed by atoms with Gasteiger partial charge in [0.1, 0.15) is 15.4 Å². The molecule has 0 unspecified atom stereocenters. The number of hydrogen-bond acceptors (Lipinski definition) is 7. The van der Waals surface area contributed by atoms with Crippen molar-refractivity contribution in [3.05, 3.63) is 62.2 Å². The molecule has 0 atom stereocenters. The normalized spacial score (nSPS) is 10.6. The van der Waals surface area contributed by atoms with Crippen molar-refractivity contribution in [1.29, 1.82) is 0 Å². The molecule has 6 nitrogen and oxygen atoms in total. The average Bonchev–Trinajstić information content (AvgIpc) is 3.30. The van der Waals surface area contributed by atoms with E-state index < -0.39 is 24.5 Å². The number of hydrogen-bond donors (Lipinski definition) is 1. The molecule has 1 amide bonds. The largest absolute Gasteiger partial charge is 0.462 e. The first-order valence-corrected chi connectivity index (χ1v) is 11.4. The predicted octanol–water partition coefficient (Wildman–Crippen LogP) is 5.37. The minimum atomic E-state index is -0.545. The molecule has 2 heterocycles.